The molecule has 0 atom stereocenters. The SMILES string of the molecule is CC(C)CCn1cc2c(Br)ccnc2n1. The number of aromatic nitrogens is 3. The monoisotopic (exact) mass is 267 g/mol. The van der Waals surface area contributed by atoms with Crippen molar-refractivity contribution in [1.82, 2.24) is 14.8 Å². The van der Waals surface area contributed by atoms with Crippen LogP contribution in [-0.2, 0) is 6.54 Å². The van der Waals surface area contributed by atoms with E-state index in [0.29, 0.717) is 5.92 Å². The van der Waals surface area contributed by atoms with Gasteiger partial charge in [0.25, 0.3) is 0 Å². The van der Waals surface area contributed by atoms with Gasteiger partial charge in [0.15, 0.2) is 5.65 Å². The molecular formula is C11H14BrN3. The predicted molar refractivity (Wildman–Crippen MR) is 64.7 cm³/mol. The summed E-state index contributed by atoms with van der Waals surface area (Å²) in [6, 6.07) is 1.94. The number of nitrogens with zero attached hydrogens (tertiary/aromatic N) is 3. The maximum Gasteiger partial charge on any atom is 0.182 e. The van der Waals surface area contributed by atoms with Gasteiger partial charge >= 0.3 is 0 Å². The van der Waals surface area contributed by atoms with Gasteiger partial charge in [0.1, 0.15) is 0 Å². The maximum atomic E-state index is 4.42. The Kier molecular flexibility index (Phi) is 3.05. The van der Waals surface area contributed by atoms with Gasteiger partial charge in [0.05, 0.1) is 5.39 Å². The van der Waals surface area contributed by atoms with E-state index in [-0.39, 0.29) is 0 Å². The molecule has 0 N–H and O–H groups in total. The lowest BCUT2D eigenvalue weighted by Gasteiger charge is -2.03. The van der Waals surface area contributed by atoms with Gasteiger partial charge in [-0.05, 0) is 34.3 Å². The van der Waals surface area contributed by atoms with Gasteiger partial charge in [-0.2, -0.15) is 5.10 Å². The highest BCUT2D eigenvalue weighted by Crippen LogP contribution is 2.20. The number of fused-ring (bicyclic) bond motifs is 1. The van der Waals surface area contributed by atoms with Crippen LogP contribution in [0.25, 0.3) is 11.0 Å². The standard InChI is InChI=1S/C11H14BrN3/c1-8(2)4-6-15-7-9-10(12)3-5-13-11(9)14-15/h3,5,7-8H,4,6H2,1-2H3. The van der Waals surface area contributed by atoms with E-state index in [0.717, 1.165) is 28.5 Å². The van der Waals surface area contributed by atoms with Crippen molar-refractivity contribution in [2.75, 3.05) is 0 Å². The first kappa shape index (κ1) is 10.6. The molecule has 2 heterocycles. The van der Waals surface area contributed by atoms with Gasteiger partial charge in [-0.3, -0.25) is 4.68 Å². The molecule has 2 aromatic rings. The minimum absolute atomic E-state index is 0.703. The van der Waals surface area contributed by atoms with Crippen LogP contribution in [0.5, 0.6) is 0 Å². The van der Waals surface area contributed by atoms with Crippen LogP contribution in [0.3, 0.4) is 0 Å². The summed E-state index contributed by atoms with van der Waals surface area (Å²) >= 11 is 3.50. The fourth-order valence-electron chi connectivity index (χ4n) is 1.44. The molecule has 0 unspecified atom stereocenters. The van der Waals surface area contributed by atoms with Crippen LogP contribution < -0.4 is 0 Å². The number of hydrogen-bond donors (Lipinski definition) is 0. The van der Waals surface area contributed by atoms with Crippen LogP contribution in [0.1, 0.15) is 20.3 Å². The summed E-state index contributed by atoms with van der Waals surface area (Å²) in [7, 11) is 0. The summed E-state index contributed by atoms with van der Waals surface area (Å²) < 4.78 is 3.03. The summed E-state index contributed by atoms with van der Waals surface area (Å²) in [5.41, 5.74) is 0.813. The lowest BCUT2D eigenvalue weighted by molar-refractivity contribution is 0.489. The van der Waals surface area contributed by atoms with Crippen LogP contribution >= 0.6 is 15.9 Å². The third kappa shape index (κ3) is 2.37. The Morgan fingerprint density at radius 1 is 1.47 bits per heavy atom. The third-order valence-corrected chi connectivity index (χ3v) is 3.04. The summed E-state index contributed by atoms with van der Waals surface area (Å²) in [5.74, 6) is 0.703. The molecule has 0 amide bonds. The zero-order valence-electron chi connectivity index (χ0n) is 8.94. The lowest BCUT2D eigenvalue weighted by Crippen LogP contribution is -2.01. The largest absolute Gasteiger partial charge is 0.270 e. The molecule has 3 nitrogen and oxygen atoms in total. The first-order chi connectivity index (χ1) is 7.16. The van der Waals surface area contributed by atoms with Crippen molar-refractivity contribution in [3.8, 4) is 0 Å². The first-order valence-electron chi connectivity index (χ1n) is 5.14. The molecule has 0 saturated carbocycles. The van der Waals surface area contributed by atoms with E-state index >= 15 is 0 Å². The summed E-state index contributed by atoms with van der Waals surface area (Å²) in [5, 5.41) is 5.51. The molecule has 0 aliphatic heterocycles. The Morgan fingerprint density at radius 2 is 2.27 bits per heavy atom. The van der Waals surface area contributed by atoms with Gasteiger partial charge in [0, 0.05) is 23.4 Å². The second-order valence-electron chi connectivity index (χ2n) is 4.10. The van der Waals surface area contributed by atoms with Crippen LogP contribution in [0, 0.1) is 5.92 Å². The van der Waals surface area contributed by atoms with Crippen LogP contribution in [0.2, 0.25) is 0 Å². The van der Waals surface area contributed by atoms with Crippen molar-refractivity contribution < 1.29 is 0 Å². The highest BCUT2D eigenvalue weighted by molar-refractivity contribution is 9.10. The Hall–Kier alpha value is -0.900. The molecule has 2 aromatic heterocycles. The van der Waals surface area contributed by atoms with Gasteiger partial charge in [-0.25, -0.2) is 4.98 Å². The van der Waals surface area contributed by atoms with E-state index in [1.54, 1.807) is 6.20 Å². The van der Waals surface area contributed by atoms with Crippen molar-refractivity contribution >= 4 is 27.0 Å². The molecule has 0 aliphatic carbocycles. The zero-order chi connectivity index (χ0) is 10.8. The smallest absolute Gasteiger partial charge is 0.182 e. The van der Waals surface area contributed by atoms with Crippen LogP contribution in [-0.4, -0.2) is 14.8 Å². The Morgan fingerprint density at radius 3 is 2.93 bits per heavy atom. The maximum absolute atomic E-state index is 4.42. The third-order valence-electron chi connectivity index (χ3n) is 2.35. The highest BCUT2D eigenvalue weighted by Gasteiger charge is 2.05. The lowest BCUT2D eigenvalue weighted by atomic mass is 10.1. The zero-order valence-corrected chi connectivity index (χ0v) is 10.5. The first-order valence-corrected chi connectivity index (χ1v) is 5.94. The van der Waals surface area contributed by atoms with Crippen molar-refractivity contribution in [2.24, 2.45) is 5.92 Å². The van der Waals surface area contributed by atoms with Crippen molar-refractivity contribution in [3.63, 3.8) is 0 Å². The second kappa shape index (κ2) is 4.31. The molecule has 4 heteroatoms. The summed E-state index contributed by atoms with van der Waals surface area (Å²) in [6.07, 6.45) is 4.96. The second-order valence-corrected chi connectivity index (χ2v) is 4.96. The Balaban J connectivity index is 2.27. The molecule has 0 bridgehead atoms. The van der Waals surface area contributed by atoms with Gasteiger partial charge < -0.3 is 0 Å². The fraction of sp³-hybridized carbons (Fsp3) is 0.455. The molecule has 0 saturated heterocycles. The number of hydrogen-bond acceptors (Lipinski definition) is 2. The quantitative estimate of drug-likeness (QED) is 0.855. The van der Waals surface area contributed by atoms with E-state index in [1.807, 2.05) is 10.7 Å². The van der Waals surface area contributed by atoms with Crippen molar-refractivity contribution in [1.29, 1.82) is 0 Å². The molecule has 2 rings (SSSR count). The van der Waals surface area contributed by atoms with E-state index < -0.39 is 0 Å². The molecule has 0 spiro atoms. The molecule has 0 fully saturated rings. The Labute approximate surface area is 97.6 Å². The van der Waals surface area contributed by atoms with Gasteiger partial charge in [-0.1, -0.05) is 13.8 Å². The average Bonchev–Trinajstić information content (AvgIpc) is 2.59. The number of aryl methyl sites for hydroxylation is 1. The van der Waals surface area contributed by atoms with Crippen molar-refractivity contribution in [3.05, 3.63) is 22.9 Å². The van der Waals surface area contributed by atoms with E-state index in [2.05, 4.69) is 46.1 Å². The molecule has 15 heavy (non-hydrogen) atoms. The molecule has 0 radical (unpaired) electrons. The van der Waals surface area contributed by atoms with E-state index in [1.165, 1.54) is 0 Å². The minimum atomic E-state index is 0.703. The molecule has 0 aliphatic rings. The van der Waals surface area contributed by atoms with Crippen LogP contribution in [0.4, 0.5) is 0 Å². The Bertz CT molecular complexity index is 462. The molecule has 80 valence electrons. The molecule has 0 aromatic carbocycles. The number of rotatable bonds is 3. The molecular weight excluding hydrogens is 254 g/mol. The highest BCUT2D eigenvalue weighted by atomic mass is 79.9. The van der Waals surface area contributed by atoms with Crippen LogP contribution in [0.15, 0.2) is 22.9 Å². The van der Waals surface area contributed by atoms with Gasteiger partial charge in [-0.15, -0.1) is 0 Å². The topological polar surface area (TPSA) is 30.7 Å². The average molecular weight is 268 g/mol. The number of pyridine rings is 1. The summed E-state index contributed by atoms with van der Waals surface area (Å²) in [6.45, 7) is 5.40. The van der Waals surface area contributed by atoms with E-state index in [9.17, 15) is 0 Å². The van der Waals surface area contributed by atoms with Gasteiger partial charge in [0.2, 0.25) is 0 Å². The van der Waals surface area contributed by atoms with E-state index in [4.69, 9.17) is 0 Å². The summed E-state index contributed by atoms with van der Waals surface area (Å²) in [4.78, 5) is 4.23. The fourth-order valence-corrected chi connectivity index (χ4v) is 1.84. The normalized spacial score (nSPS) is 11.5. The minimum Gasteiger partial charge on any atom is -0.270 e. The predicted octanol–water partition coefficient (Wildman–Crippen LogP) is 3.24. The van der Waals surface area contributed by atoms with Crippen molar-refractivity contribution in [2.45, 2.75) is 26.8 Å². The number of halogens is 1.